The maximum atomic E-state index is 10.4. The predicted octanol–water partition coefficient (Wildman–Crippen LogP) is 1.33. The van der Waals surface area contributed by atoms with Gasteiger partial charge in [-0.15, -0.1) is 5.10 Å². The average Bonchev–Trinajstić information content (AvgIpc) is 3.05. The van der Waals surface area contributed by atoms with Crippen molar-refractivity contribution in [2.45, 2.75) is 83.9 Å². The van der Waals surface area contributed by atoms with Gasteiger partial charge in [0.15, 0.2) is 0 Å². The topological polar surface area (TPSA) is 126 Å². The van der Waals surface area contributed by atoms with E-state index in [1.165, 1.54) is 0 Å². The molecule has 1 unspecified atom stereocenters. The van der Waals surface area contributed by atoms with Gasteiger partial charge >= 0.3 is 0 Å². The van der Waals surface area contributed by atoms with E-state index < -0.39 is 37.3 Å². The minimum atomic E-state index is -1.52. The van der Waals surface area contributed by atoms with Gasteiger partial charge in [-0.2, -0.15) is 0 Å². The summed E-state index contributed by atoms with van der Waals surface area (Å²) in [6.07, 6.45) is -6.20. The van der Waals surface area contributed by atoms with Gasteiger partial charge in [0.25, 0.3) is 0 Å². The van der Waals surface area contributed by atoms with Crippen molar-refractivity contribution in [3.8, 4) is 11.6 Å². The standard InChI is InChI=1S/C23H34N2O7/c1-12(2)25-14(5)17(10-15-6-8-16(9-7-15)30-13(3)4)22(24-25)32-23-21(29)20(28)19(27)18(11-26)31-23/h6-9,12-13,18-21,23,26-29H,10-11H2,1-5H3/t18-,19-,20+,21-,23?/m1/s1. The molecule has 9 heteroatoms. The normalized spacial score (nSPS) is 26.0. The van der Waals surface area contributed by atoms with Crippen LogP contribution in [0.15, 0.2) is 24.3 Å². The number of ether oxygens (including phenoxy) is 3. The zero-order valence-corrected chi connectivity index (χ0v) is 19.2. The Bertz CT molecular complexity index is 879. The van der Waals surface area contributed by atoms with Crippen LogP contribution in [0.3, 0.4) is 0 Å². The summed E-state index contributed by atoms with van der Waals surface area (Å²) < 4.78 is 18.9. The molecule has 178 valence electrons. The van der Waals surface area contributed by atoms with E-state index in [0.717, 1.165) is 22.6 Å². The Balaban J connectivity index is 1.87. The highest BCUT2D eigenvalue weighted by atomic mass is 16.7. The number of rotatable bonds is 8. The van der Waals surface area contributed by atoms with Crippen LogP contribution in [0.1, 0.15) is 50.6 Å². The van der Waals surface area contributed by atoms with Crippen LogP contribution >= 0.6 is 0 Å². The smallest absolute Gasteiger partial charge is 0.239 e. The molecule has 0 saturated carbocycles. The highest BCUT2D eigenvalue weighted by Crippen LogP contribution is 2.31. The van der Waals surface area contributed by atoms with Crippen molar-refractivity contribution in [1.82, 2.24) is 9.78 Å². The number of aromatic nitrogens is 2. The average molecular weight is 451 g/mol. The van der Waals surface area contributed by atoms with Gasteiger partial charge in [-0.25, -0.2) is 0 Å². The molecule has 1 aromatic carbocycles. The molecule has 1 fully saturated rings. The van der Waals surface area contributed by atoms with Gasteiger partial charge in [-0.3, -0.25) is 4.68 Å². The van der Waals surface area contributed by atoms with E-state index in [4.69, 9.17) is 14.2 Å². The first-order valence-corrected chi connectivity index (χ1v) is 10.9. The van der Waals surface area contributed by atoms with Gasteiger partial charge in [-0.05, 0) is 52.3 Å². The predicted molar refractivity (Wildman–Crippen MR) is 117 cm³/mol. The molecule has 0 spiro atoms. The first-order valence-electron chi connectivity index (χ1n) is 10.9. The molecule has 1 saturated heterocycles. The maximum absolute atomic E-state index is 10.4. The Kier molecular flexibility index (Phi) is 7.79. The fourth-order valence-corrected chi connectivity index (χ4v) is 3.76. The lowest BCUT2D eigenvalue weighted by molar-refractivity contribution is -0.278. The van der Waals surface area contributed by atoms with E-state index in [-0.39, 0.29) is 18.0 Å². The van der Waals surface area contributed by atoms with Crippen LogP contribution in [0.2, 0.25) is 0 Å². The van der Waals surface area contributed by atoms with Crippen LogP contribution in [0, 0.1) is 6.92 Å². The molecule has 1 aliphatic rings. The molecular formula is C23H34N2O7. The van der Waals surface area contributed by atoms with E-state index in [1.807, 2.05) is 63.6 Å². The first-order chi connectivity index (χ1) is 15.1. The monoisotopic (exact) mass is 450 g/mol. The molecule has 0 radical (unpaired) electrons. The van der Waals surface area contributed by atoms with Crippen LogP contribution in [-0.2, 0) is 11.2 Å². The molecule has 2 aromatic rings. The van der Waals surface area contributed by atoms with Crippen LogP contribution < -0.4 is 9.47 Å². The largest absolute Gasteiger partial charge is 0.491 e. The summed E-state index contributed by atoms with van der Waals surface area (Å²) in [5.41, 5.74) is 2.74. The lowest BCUT2D eigenvalue weighted by atomic mass is 9.99. The molecule has 1 aromatic heterocycles. The lowest BCUT2D eigenvalue weighted by Gasteiger charge is -2.39. The molecule has 0 aliphatic carbocycles. The minimum absolute atomic E-state index is 0.0720. The van der Waals surface area contributed by atoms with Crippen molar-refractivity contribution >= 4 is 0 Å². The van der Waals surface area contributed by atoms with E-state index in [2.05, 4.69) is 5.10 Å². The number of nitrogens with zero attached hydrogens (tertiary/aromatic N) is 2. The fourth-order valence-electron chi connectivity index (χ4n) is 3.76. The van der Waals surface area contributed by atoms with E-state index in [1.54, 1.807) is 0 Å². The second-order valence-electron chi connectivity index (χ2n) is 8.71. The van der Waals surface area contributed by atoms with E-state index in [9.17, 15) is 20.4 Å². The molecule has 4 N–H and O–H groups in total. The van der Waals surface area contributed by atoms with E-state index in [0.29, 0.717) is 6.42 Å². The molecule has 9 nitrogen and oxygen atoms in total. The third kappa shape index (κ3) is 5.24. The summed E-state index contributed by atoms with van der Waals surface area (Å²) in [5.74, 6) is 1.05. The molecule has 5 atom stereocenters. The third-order valence-electron chi connectivity index (χ3n) is 5.48. The zero-order valence-electron chi connectivity index (χ0n) is 19.2. The molecule has 3 rings (SSSR count). The second kappa shape index (κ2) is 10.2. The van der Waals surface area contributed by atoms with Gasteiger partial charge in [0.2, 0.25) is 12.2 Å². The summed E-state index contributed by atoms with van der Waals surface area (Å²) in [6, 6.07) is 7.84. The number of aliphatic hydroxyl groups is 4. The Morgan fingerprint density at radius 1 is 1.03 bits per heavy atom. The molecule has 32 heavy (non-hydrogen) atoms. The molecular weight excluding hydrogens is 416 g/mol. The summed E-state index contributed by atoms with van der Waals surface area (Å²) in [4.78, 5) is 0. The van der Waals surface area contributed by atoms with Crippen molar-refractivity contribution in [2.24, 2.45) is 0 Å². The van der Waals surface area contributed by atoms with Crippen LogP contribution in [0.25, 0.3) is 0 Å². The third-order valence-corrected chi connectivity index (χ3v) is 5.48. The van der Waals surface area contributed by atoms with E-state index >= 15 is 0 Å². The molecule has 0 bridgehead atoms. The Morgan fingerprint density at radius 3 is 2.25 bits per heavy atom. The Labute approximate surface area is 188 Å². The lowest BCUT2D eigenvalue weighted by Crippen LogP contribution is -2.60. The summed E-state index contributed by atoms with van der Waals surface area (Å²) in [5, 5.41) is 44.4. The molecule has 2 heterocycles. The quantitative estimate of drug-likeness (QED) is 0.475. The summed E-state index contributed by atoms with van der Waals surface area (Å²) >= 11 is 0. The van der Waals surface area contributed by atoms with Crippen molar-refractivity contribution in [3.05, 3.63) is 41.1 Å². The maximum Gasteiger partial charge on any atom is 0.239 e. The van der Waals surface area contributed by atoms with Crippen LogP contribution in [0.5, 0.6) is 11.6 Å². The second-order valence-corrected chi connectivity index (χ2v) is 8.71. The van der Waals surface area contributed by atoms with Gasteiger partial charge < -0.3 is 34.6 Å². The minimum Gasteiger partial charge on any atom is -0.491 e. The van der Waals surface area contributed by atoms with Gasteiger partial charge in [-0.1, -0.05) is 12.1 Å². The Morgan fingerprint density at radius 2 is 1.69 bits per heavy atom. The highest BCUT2D eigenvalue weighted by Gasteiger charge is 2.45. The van der Waals surface area contributed by atoms with Gasteiger partial charge in [0, 0.05) is 23.7 Å². The van der Waals surface area contributed by atoms with Crippen LogP contribution in [-0.4, -0.2) is 73.6 Å². The highest BCUT2D eigenvalue weighted by molar-refractivity contribution is 5.38. The molecule has 1 aliphatic heterocycles. The van der Waals surface area contributed by atoms with Gasteiger partial charge in [0.05, 0.1) is 12.7 Å². The number of aliphatic hydroxyl groups excluding tert-OH is 4. The molecule has 0 amide bonds. The number of benzene rings is 1. The first kappa shape index (κ1) is 24.5. The van der Waals surface area contributed by atoms with Crippen molar-refractivity contribution in [1.29, 1.82) is 0 Å². The SMILES string of the molecule is Cc1c(Cc2ccc(OC(C)C)cc2)c(OC2O[C@H](CO)[C@@H](O)[C@H](O)[C@H]2O)nn1C(C)C. The van der Waals surface area contributed by atoms with Gasteiger partial charge in [0.1, 0.15) is 30.2 Å². The fraction of sp³-hybridized carbons (Fsp3) is 0.609. The Hall–Kier alpha value is -2.17. The van der Waals surface area contributed by atoms with Crippen molar-refractivity contribution in [2.75, 3.05) is 6.61 Å². The van der Waals surface area contributed by atoms with Crippen molar-refractivity contribution in [3.63, 3.8) is 0 Å². The van der Waals surface area contributed by atoms with Crippen molar-refractivity contribution < 1.29 is 34.6 Å². The summed E-state index contributed by atoms with van der Waals surface area (Å²) in [6.45, 7) is 9.36. The van der Waals surface area contributed by atoms with Crippen LogP contribution in [0.4, 0.5) is 0 Å². The zero-order chi connectivity index (χ0) is 23.6. The summed E-state index contributed by atoms with van der Waals surface area (Å²) in [7, 11) is 0. The number of hydrogen-bond acceptors (Lipinski definition) is 8. The number of hydrogen-bond donors (Lipinski definition) is 4.